The molecular weight excluding hydrogens is 398 g/mol. The van der Waals surface area contributed by atoms with Crippen molar-refractivity contribution in [3.05, 3.63) is 111 Å². The molecule has 0 aliphatic carbocycles. The molecule has 158 valence electrons. The predicted molar refractivity (Wildman–Crippen MR) is 126 cm³/mol. The van der Waals surface area contributed by atoms with E-state index < -0.39 is 5.56 Å². The molecule has 0 atom stereocenters. The first-order chi connectivity index (χ1) is 15.5. The molecule has 4 aromatic rings. The Hall–Kier alpha value is -4.24. The number of hydrogen-bond donors (Lipinski definition) is 0. The van der Waals surface area contributed by atoms with Crippen molar-refractivity contribution in [2.24, 2.45) is 5.10 Å². The van der Waals surface area contributed by atoms with E-state index in [4.69, 9.17) is 5.10 Å². The van der Waals surface area contributed by atoms with Gasteiger partial charge in [-0.05, 0) is 44.0 Å². The molecule has 32 heavy (non-hydrogen) atoms. The number of benzene rings is 2. The molecule has 0 saturated heterocycles. The van der Waals surface area contributed by atoms with Gasteiger partial charge in [-0.1, -0.05) is 54.1 Å². The Balaban J connectivity index is 1.79. The van der Waals surface area contributed by atoms with Crippen molar-refractivity contribution < 1.29 is 0 Å². The van der Waals surface area contributed by atoms with E-state index in [9.17, 15) is 10.1 Å². The van der Waals surface area contributed by atoms with E-state index in [0.29, 0.717) is 17.8 Å². The zero-order valence-electron chi connectivity index (χ0n) is 18.3. The molecule has 2 aromatic heterocycles. The van der Waals surface area contributed by atoms with Crippen LogP contribution in [0.15, 0.2) is 76.8 Å². The molecule has 0 aliphatic heterocycles. The second-order valence-corrected chi connectivity index (χ2v) is 7.80. The summed E-state index contributed by atoms with van der Waals surface area (Å²) >= 11 is 0. The van der Waals surface area contributed by atoms with Gasteiger partial charge in [0, 0.05) is 23.0 Å². The SMILES string of the molecule is Cc1cccc(-c2nn(Cc3ccccc3)cc2/C=N\n2c(C)cc(C)c(C#N)c2=O)c1. The Morgan fingerprint density at radius 3 is 2.56 bits per heavy atom. The van der Waals surface area contributed by atoms with E-state index in [0.717, 1.165) is 27.9 Å². The Labute approximate surface area is 186 Å². The predicted octanol–water partition coefficient (Wildman–Crippen LogP) is 4.44. The number of rotatable bonds is 5. The van der Waals surface area contributed by atoms with E-state index >= 15 is 0 Å². The number of hydrogen-bond acceptors (Lipinski definition) is 4. The van der Waals surface area contributed by atoms with Gasteiger partial charge in [0.1, 0.15) is 17.3 Å². The molecule has 0 unspecified atom stereocenters. The van der Waals surface area contributed by atoms with Crippen molar-refractivity contribution in [2.45, 2.75) is 27.3 Å². The van der Waals surface area contributed by atoms with Gasteiger partial charge in [0.05, 0.1) is 12.8 Å². The first kappa shape index (κ1) is 21.0. The number of pyridine rings is 1. The molecule has 0 saturated carbocycles. The standard InChI is InChI=1S/C26H23N5O/c1-18-8-7-11-22(12-18)25-23(17-30(29-25)16-21-9-5-4-6-10-21)15-28-31-20(3)13-19(2)24(14-27)26(31)32/h4-13,15,17H,16H2,1-3H3/b28-15-. The molecule has 2 heterocycles. The van der Waals surface area contributed by atoms with Gasteiger partial charge in [0.15, 0.2) is 0 Å². The summed E-state index contributed by atoms with van der Waals surface area (Å²) < 4.78 is 3.14. The minimum atomic E-state index is -0.421. The Morgan fingerprint density at radius 1 is 1.06 bits per heavy atom. The number of aromatic nitrogens is 3. The van der Waals surface area contributed by atoms with Crippen molar-refractivity contribution in [3.8, 4) is 17.3 Å². The summed E-state index contributed by atoms with van der Waals surface area (Å²) in [5, 5.41) is 18.6. The Bertz CT molecular complexity index is 1400. The largest absolute Gasteiger partial charge is 0.289 e. The van der Waals surface area contributed by atoms with Crippen LogP contribution in [0.25, 0.3) is 11.3 Å². The minimum Gasteiger partial charge on any atom is -0.267 e. The van der Waals surface area contributed by atoms with E-state index in [1.165, 1.54) is 4.68 Å². The van der Waals surface area contributed by atoms with Crippen LogP contribution >= 0.6 is 0 Å². The van der Waals surface area contributed by atoms with Crippen LogP contribution in [0.3, 0.4) is 0 Å². The number of aryl methyl sites for hydroxylation is 3. The molecule has 0 aliphatic rings. The molecule has 4 rings (SSSR count). The highest BCUT2D eigenvalue weighted by Gasteiger charge is 2.13. The van der Waals surface area contributed by atoms with Gasteiger partial charge >= 0.3 is 0 Å². The average Bonchev–Trinajstić information content (AvgIpc) is 3.17. The molecule has 2 aromatic carbocycles. The fourth-order valence-electron chi connectivity index (χ4n) is 3.68. The van der Waals surface area contributed by atoms with Crippen molar-refractivity contribution in [1.82, 2.24) is 14.5 Å². The summed E-state index contributed by atoms with van der Waals surface area (Å²) in [5.41, 5.74) is 5.81. The summed E-state index contributed by atoms with van der Waals surface area (Å²) in [7, 11) is 0. The molecule has 0 N–H and O–H groups in total. The second kappa shape index (κ2) is 8.86. The lowest BCUT2D eigenvalue weighted by Crippen LogP contribution is -2.22. The van der Waals surface area contributed by atoms with Gasteiger partial charge in [0.2, 0.25) is 0 Å². The summed E-state index contributed by atoms with van der Waals surface area (Å²) in [6.45, 7) is 6.21. The maximum Gasteiger partial charge on any atom is 0.289 e. The van der Waals surface area contributed by atoms with Crippen LogP contribution < -0.4 is 5.56 Å². The van der Waals surface area contributed by atoms with E-state index in [1.54, 1.807) is 26.1 Å². The maximum absolute atomic E-state index is 12.7. The van der Waals surface area contributed by atoms with Crippen molar-refractivity contribution in [3.63, 3.8) is 0 Å². The fourth-order valence-corrected chi connectivity index (χ4v) is 3.68. The fraction of sp³-hybridized carbons (Fsp3) is 0.154. The van der Waals surface area contributed by atoms with Crippen LogP contribution in [0.4, 0.5) is 0 Å². The first-order valence-electron chi connectivity index (χ1n) is 10.3. The van der Waals surface area contributed by atoms with Crippen LogP contribution in [-0.2, 0) is 6.54 Å². The molecule has 6 heteroatoms. The van der Waals surface area contributed by atoms with Crippen LogP contribution in [0.5, 0.6) is 0 Å². The highest BCUT2D eigenvalue weighted by molar-refractivity contribution is 5.88. The second-order valence-electron chi connectivity index (χ2n) is 7.80. The third-order valence-corrected chi connectivity index (χ3v) is 5.25. The van der Waals surface area contributed by atoms with E-state index in [1.807, 2.05) is 60.3 Å². The van der Waals surface area contributed by atoms with Crippen LogP contribution in [0, 0.1) is 32.1 Å². The monoisotopic (exact) mass is 421 g/mol. The van der Waals surface area contributed by atoms with Crippen LogP contribution in [0.1, 0.15) is 33.5 Å². The van der Waals surface area contributed by atoms with Gasteiger partial charge in [-0.15, -0.1) is 0 Å². The third kappa shape index (κ3) is 4.28. The van der Waals surface area contributed by atoms with Gasteiger partial charge in [-0.2, -0.15) is 15.5 Å². The molecule has 6 nitrogen and oxygen atoms in total. The molecule has 0 bridgehead atoms. The Kier molecular flexibility index (Phi) is 5.82. The molecule has 0 fully saturated rings. The summed E-state index contributed by atoms with van der Waals surface area (Å²) in [5.74, 6) is 0. The van der Waals surface area contributed by atoms with Gasteiger partial charge in [-0.25, -0.2) is 4.68 Å². The smallest absolute Gasteiger partial charge is 0.267 e. The van der Waals surface area contributed by atoms with Crippen molar-refractivity contribution >= 4 is 6.21 Å². The summed E-state index contributed by atoms with van der Waals surface area (Å²) in [6.07, 6.45) is 3.56. The average molecular weight is 422 g/mol. The molecule has 0 spiro atoms. The molecular formula is C26H23N5O. The molecule has 0 radical (unpaired) electrons. The topological polar surface area (TPSA) is 76.0 Å². The first-order valence-corrected chi connectivity index (χ1v) is 10.3. The summed E-state index contributed by atoms with van der Waals surface area (Å²) in [4.78, 5) is 12.7. The van der Waals surface area contributed by atoms with Gasteiger partial charge < -0.3 is 0 Å². The zero-order valence-corrected chi connectivity index (χ0v) is 18.3. The van der Waals surface area contributed by atoms with Gasteiger partial charge in [0.25, 0.3) is 5.56 Å². The third-order valence-electron chi connectivity index (χ3n) is 5.25. The minimum absolute atomic E-state index is 0.103. The normalized spacial score (nSPS) is 11.1. The molecule has 0 amide bonds. The number of nitriles is 1. The van der Waals surface area contributed by atoms with E-state index in [-0.39, 0.29) is 5.56 Å². The highest BCUT2D eigenvalue weighted by Crippen LogP contribution is 2.22. The maximum atomic E-state index is 12.7. The quantitative estimate of drug-likeness (QED) is 0.447. The van der Waals surface area contributed by atoms with Gasteiger partial charge in [-0.3, -0.25) is 9.48 Å². The highest BCUT2D eigenvalue weighted by atomic mass is 16.1. The lowest BCUT2D eigenvalue weighted by molar-refractivity contribution is 0.689. The Morgan fingerprint density at radius 2 is 1.84 bits per heavy atom. The van der Waals surface area contributed by atoms with Crippen LogP contribution in [0.2, 0.25) is 0 Å². The zero-order chi connectivity index (χ0) is 22.7. The number of nitrogens with zero attached hydrogens (tertiary/aromatic N) is 5. The van der Waals surface area contributed by atoms with Crippen LogP contribution in [-0.4, -0.2) is 20.7 Å². The lowest BCUT2D eigenvalue weighted by Gasteiger charge is -2.06. The van der Waals surface area contributed by atoms with Crippen molar-refractivity contribution in [1.29, 1.82) is 5.26 Å². The lowest BCUT2D eigenvalue weighted by atomic mass is 10.1. The summed E-state index contributed by atoms with van der Waals surface area (Å²) in [6, 6.07) is 22.0. The van der Waals surface area contributed by atoms with Crippen molar-refractivity contribution in [2.75, 3.05) is 0 Å². The van der Waals surface area contributed by atoms with E-state index in [2.05, 4.69) is 23.3 Å².